The van der Waals surface area contributed by atoms with Crippen molar-refractivity contribution in [2.24, 2.45) is 11.8 Å². The number of carbonyl (C=O) groups excluding carboxylic acids is 1. The van der Waals surface area contributed by atoms with Crippen LogP contribution in [0.25, 0.3) is 0 Å². The number of carboxylic acid groups (broad SMARTS) is 1. The van der Waals surface area contributed by atoms with E-state index in [1.165, 1.54) is 0 Å². The Labute approximate surface area is 125 Å². The second-order valence-corrected chi connectivity index (χ2v) is 6.29. The summed E-state index contributed by atoms with van der Waals surface area (Å²) in [4.78, 5) is 23.0. The van der Waals surface area contributed by atoms with Gasteiger partial charge in [0.05, 0.1) is 11.5 Å². The topological polar surface area (TPSA) is 87.7 Å². The van der Waals surface area contributed by atoms with E-state index >= 15 is 0 Å². The van der Waals surface area contributed by atoms with E-state index in [-0.39, 0.29) is 23.5 Å². The van der Waals surface area contributed by atoms with E-state index < -0.39 is 5.97 Å². The molecular formula is C15H26N2O4. The van der Waals surface area contributed by atoms with Crippen molar-refractivity contribution < 1.29 is 19.4 Å². The summed E-state index contributed by atoms with van der Waals surface area (Å²) in [7, 11) is 1.68. The number of methoxy groups -OCH3 is 1. The fourth-order valence-electron chi connectivity index (χ4n) is 3.33. The van der Waals surface area contributed by atoms with Crippen LogP contribution in [0.5, 0.6) is 0 Å². The molecule has 2 saturated carbocycles. The predicted molar refractivity (Wildman–Crippen MR) is 78.1 cm³/mol. The Hall–Kier alpha value is -1.30. The van der Waals surface area contributed by atoms with Crippen molar-refractivity contribution >= 4 is 12.0 Å². The minimum Gasteiger partial charge on any atom is -0.481 e. The van der Waals surface area contributed by atoms with Crippen LogP contribution in [0.2, 0.25) is 0 Å². The van der Waals surface area contributed by atoms with E-state index in [4.69, 9.17) is 4.74 Å². The van der Waals surface area contributed by atoms with Gasteiger partial charge in [0.25, 0.3) is 0 Å². The number of hydrogen-bond donors (Lipinski definition) is 3. The fourth-order valence-corrected chi connectivity index (χ4v) is 3.33. The number of carbonyl (C=O) groups is 2. The molecule has 2 amide bonds. The summed E-state index contributed by atoms with van der Waals surface area (Å²) in [6, 6.07) is -0.229. The second-order valence-electron chi connectivity index (χ2n) is 6.29. The molecule has 0 bridgehead atoms. The lowest BCUT2D eigenvalue weighted by molar-refractivity contribution is -0.144. The third kappa shape index (κ3) is 4.09. The molecule has 0 aromatic carbocycles. The molecule has 2 unspecified atom stereocenters. The maximum Gasteiger partial charge on any atom is 0.314 e. The summed E-state index contributed by atoms with van der Waals surface area (Å²) in [5.41, 5.74) is -0.189. The number of ether oxygens (including phenoxy) is 1. The third-order valence-electron chi connectivity index (χ3n) is 5.02. The maximum atomic E-state index is 11.8. The van der Waals surface area contributed by atoms with Gasteiger partial charge in [-0.2, -0.15) is 0 Å². The second kappa shape index (κ2) is 7.11. The average molecular weight is 298 g/mol. The SMILES string of the molecule is COC1(CNC(=O)NCC2CCCCC2C(=O)O)CCC1. The Morgan fingerprint density at radius 1 is 1.19 bits per heavy atom. The molecule has 2 aliphatic carbocycles. The lowest BCUT2D eigenvalue weighted by atomic mass is 9.79. The Morgan fingerprint density at radius 3 is 2.48 bits per heavy atom. The fraction of sp³-hybridized carbons (Fsp3) is 0.867. The lowest BCUT2D eigenvalue weighted by Crippen LogP contribution is -2.52. The molecule has 21 heavy (non-hydrogen) atoms. The van der Waals surface area contributed by atoms with Gasteiger partial charge in [0.2, 0.25) is 0 Å². The van der Waals surface area contributed by atoms with Crippen LogP contribution < -0.4 is 10.6 Å². The number of urea groups is 1. The van der Waals surface area contributed by atoms with E-state index in [9.17, 15) is 14.7 Å². The zero-order chi connectivity index (χ0) is 15.3. The normalized spacial score (nSPS) is 27.5. The van der Waals surface area contributed by atoms with Crippen LogP contribution in [0.1, 0.15) is 44.9 Å². The molecule has 0 radical (unpaired) electrons. The zero-order valence-electron chi connectivity index (χ0n) is 12.7. The van der Waals surface area contributed by atoms with Gasteiger partial charge in [-0.05, 0) is 38.0 Å². The number of nitrogens with one attached hydrogen (secondary N) is 2. The van der Waals surface area contributed by atoms with E-state index in [1.54, 1.807) is 7.11 Å². The minimum atomic E-state index is -0.741. The van der Waals surface area contributed by atoms with Gasteiger partial charge in [-0.3, -0.25) is 4.79 Å². The van der Waals surface area contributed by atoms with Crippen LogP contribution in [0.15, 0.2) is 0 Å². The van der Waals surface area contributed by atoms with E-state index in [0.29, 0.717) is 13.1 Å². The van der Waals surface area contributed by atoms with Gasteiger partial charge in [-0.25, -0.2) is 4.79 Å². The zero-order valence-corrected chi connectivity index (χ0v) is 12.7. The molecule has 0 aromatic heterocycles. The minimum absolute atomic E-state index is 0.0436. The first-order valence-electron chi connectivity index (χ1n) is 7.86. The van der Waals surface area contributed by atoms with Crippen molar-refractivity contribution in [2.45, 2.75) is 50.5 Å². The van der Waals surface area contributed by atoms with Crippen molar-refractivity contribution in [1.82, 2.24) is 10.6 Å². The van der Waals surface area contributed by atoms with Crippen molar-refractivity contribution in [2.75, 3.05) is 20.2 Å². The molecule has 2 aliphatic rings. The first-order chi connectivity index (χ1) is 10.1. The van der Waals surface area contributed by atoms with Crippen LogP contribution >= 0.6 is 0 Å². The number of rotatable bonds is 6. The molecule has 2 atom stereocenters. The van der Waals surface area contributed by atoms with Crippen LogP contribution in [-0.2, 0) is 9.53 Å². The highest BCUT2D eigenvalue weighted by atomic mass is 16.5. The first kappa shape index (κ1) is 16.1. The van der Waals surface area contributed by atoms with Crippen molar-refractivity contribution in [3.05, 3.63) is 0 Å². The molecule has 0 saturated heterocycles. The molecule has 0 aromatic rings. The molecule has 3 N–H and O–H groups in total. The molecule has 0 spiro atoms. The van der Waals surface area contributed by atoms with Gasteiger partial charge in [0, 0.05) is 20.2 Å². The standard InChI is InChI=1S/C15H26N2O4/c1-21-15(7-4-8-15)10-17-14(20)16-9-11-5-2-3-6-12(11)13(18)19/h11-12H,2-10H2,1H3,(H,18,19)(H2,16,17,20). The molecule has 0 aliphatic heterocycles. The highest BCUT2D eigenvalue weighted by Crippen LogP contribution is 2.34. The predicted octanol–water partition coefficient (Wildman–Crippen LogP) is 1.75. The quantitative estimate of drug-likeness (QED) is 0.697. The van der Waals surface area contributed by atoms with Gasteiger partial charge in [-0.15, -0.1) is 0 Å². The lowest BCUT2D eigenvalue weighted by Gasteiger charge is -2.40. The summed E-state index contributed by atoms with van der Waals surface area (Å²) < 4.78 is 5.45. The summed E-state index contributed by atoms with van der Waals surface area (Å²) in [5.74, 6) is -1.02. The van der Waals surface area contributed by atoms with Gasteiger partial charge < -0.3 is 20.5 Å². The summed E-state index contributed by atoms with van der Waals surface area (Å²) in [6.07, 6.45) is 6.70. The largest absolute Gasteiger partial charge is 0.481 e. The highest BCUT2D eigenvalue weighted by Gasteiger charge is 2.37. The number of amides is 2. The Kier molecular flexibility index (Phi) is 5.45. The van der Waals surface area contributed by atoms with Gasteiger partial charge in [0.15, 0.2) is 0 Å². The molecule has 120 valence electrons. The molecule has 2 rings (SSSR count). The van der Waals surface area contributed by atoms with Crippen LogP contribution in [-0.4, -0.2) is 42.9 Å². The summed E-state index contributed by atoms with van der Waals surface area (Å²) in [6.45, 7) is 0.950. The van der Waals surface area contributed by atoms with E-state index in [2.05, 4.69) is 10.6 Å². The molecule has 6 nitrogen and oxygen atoms in total. The Morgan fingerprint density at radius 2 is 1.90 bits per heavy atom. The number of hydrogen-bond acceptors (Lipinski definition) is 3. The van der Waals surface area contributed by atoms with E-state index in [0.717, 1.165) is 44.9 Å². The van der Waals surface area contributed by atoms with Crippen molar-refractivity contribution in [3.8, 4) is 0 Å². The van der Waals surface area contributed by atoms with Crippen LogP contribution in [0.3, 0.4) is 0 Å². The Balaban J connectivity index is 1.71. The number of aliphatic carboxylic acids is 1. The summed E-state index contributed by atoms with van der Waals surface area (Å²) >= 11 is 0. The summed E-state index contributed by atoms with van der Waals surface area (Å²) in [5, 5.41) is 14.9. The number of carboxylic acids is 1. The average Bonchev–Trinajstić information content (AvgIpc) is 2.44. The Bertz CT molecular complexity index is 376. The maximum absolute atomic E-state index is 11.8. The van der Waals surface area contributed by atoms with Crippen LogP contribution in [0, 0.1) is 11.8 Å². The van der Waals surface area contributed by atoms with Gasteiger partial charge >= 0.3 is 12.0 Å². The third-order valence-corrected chi connectivity index (χ3v) is 5.02. The monoisotopic (exact) mass is 298 g/mol. The molecule has 2 fully saturated rings. The first-order valence-corrected chi connectivity index (χ1v) is 7.86. The van der Waals surface area contributed by atoms with E-state index in [1.807, 2.05) is 0 Å². The molecule has 6 heteroatoms. The smallest absolute Gasteiger partial charge is 0.314 e. The van der Waals surface area contributed by atoms with Gasteiger partial charge in [-0.1, -0.05) is 12.8 Å². The highest BCUT2D eigenvalue weighted by molar-refractivity contribution is 5.74. The van der Waals surface area contributed by atoms with Crippen molar-refractivity contribution in [3.63, 3.8) is 0 Å². The van der Waals surface area contributed by atoms with Crippen LogP contribution in [0.4, 0.5) is 4.79 Å². The van der Waals surface area contributed by atoms with Gasteiger partial charge in [0.1, 0.15) is 0 Å². The molecule has 0 heterocycles. The molecular weight excluding hydrogens is 272 g/mol. The van der Waals surface area contributed by atoms with Crippen molar-refractivity contribution in [1.29, 1.82) is 0 Å².